The fourth-order valence-corrected chi connectivity index (χ4v) is 2.04. The molecule has 5 heteroatoms. The van der Waals surface area contributed by atoms with Gasteiger partial charge < -0.3 is 20.1 Å². The molecule has 0 saturated heterocycles. The van der Waals surface area contributed by atoms with Crippen LogP contribution in [0.3, 0.4) is 0 Å². The molecule has 118 valence electrons. The smallest absolute Gasteiger partial charge is 0.220 e. The van der Waals surface area contributed by atoms with Crippen LogP contribution >= 0.6 is 0 Å². The van der Waals surface area contributed by atoms with E-state index in [0.29, 0.717) is 19.4 Å². The van der Waals surface area contributed by atoms with Crippen molar-refractivity contribution in [3.8, 4) is 11.5 Å². The van der Waals surface area contributed by atoms with Crippen LogP contribution in [0, 0.1) is 0 Å². The average Bonchev–Trinajstić information content (AvgIpc) is 2.50. The van der Waals surface area contributed by atoms with Gasteiger partial charge in [0.05, 0.1) is 14.2 Å². The van der Waals surface area contributed by atoms with E-state index < -0.39 is 0 Å². The number of ether oxygens (including phenoxy) is 2. The third-order valence-electron chi connectivity index (χ3n) is 3.21. The summed E-state index contributed by atoms with van der Waals surface area (Å²) in [6.07, 6.45) is 1.12. The quantitative estimate of drug-likeness (QED) is 0.728. The average molecular weight is 294 g/mol. The van der Waals surface area contributed by atoms with Crippen LogP contribution in [-0.4, -0.2) is 39.3 Å². The van der Waals surface area contributed by atoms with E-state index in [2.05, 4.69) is 24.5 Å². The maximum Gasteiger partial charge on any atom is 0.220 e. The Hall–Kier alpha value is -1.75. The summed E-state index contributed by atoms with van der Waals surface area (Å²) in [6, 6.07) is 5.96. The molecule has 0 bridgehead atoms. The zero-order valence-electron chi connectivity index (χ0n) is 13.4. The maximum absolute atomic E-state index is 11.8. The summed E-state index contributed by atoms with van der Waals surface area (Å²) < 4.78 is 10.4. The molecule has 5 nitrogen and oxygen atoms in total. The van der Waals surface area contributed by atoms with Gasteiger partial charge in [0.25, 0.3) is 0 Å². The van der Waals surface area contributed by atoms with Crippen molar-refractivity contribution in [3.05, 3.63) is 23.8 Å². The van der Waals surface area contributed by atoms with Gasteiger partial charge in [-0.15, -0.1) is 0 Å². The molecule has 1 amide bonds. The van der Waals surface area contributed by atoms with E-state index in [-0.39, 0.29) is 11.9 Å². The molecule has 0 spiro atoms. The van der Waals surface area contributed by atoms with Crippen LogP contribution in [0.15, 0.2) is 18.2 Å². The highest BCUT2D eigenvalue weighted by atomic mass is 16.5. The highest BCUT2D eigenvalue weighted by Crippen LogP contribution is 2.23. The number of methoxy groups -OCH3 is 2. The molecule has 0 aliphatic rings. The van der Waals surface area contributed by atoms with Gasteiger partial charge in [0.15, 0.2) is 0 Å². The SMILES string of the molecule is CCN[C@H](C)CNC(=O)CCc1cc(OC)cc(OC)c1. The second-order valence-electron chi connectivity index (χ2n) is 4.98. The van der Waals surface area contributed by atoms with Crippen LogP contribution in [0.4, 0.5) is 0 Å². The molecular formula is C16H26N2O3. The highest BCUT2D eigenvalue weighted by Gasteiger charge is 2.07. The summed E-state index contributed by atoms with van der Waals surface area (Å²) in [7, 11) is 3.24. The molecule has 0 radical (unpaired) electrons. The van der Waals surface area contributed by atoms with Gasteiger partial charge in [-0.3, -0.25) is 4.79 Å². The second-order valence-corrected chi connectivity index (χ2v) is 4.98. The molecule has 0 aliphatic heterocycles. The Balaban J connectivity index is 2.45. The third kappa shape index (κ3) is 6.49. The summed E-state index contributed by atoms with van der Waals surface area (Å²) in [5, 5.41) is 6.19. The second kappa shape index (κ2) is 9.23. The van der Waals surface area contributed by atoms with E-state index >= 15 is 0 Å². The van der Waals surface area contributed by atoms with Crippen LogP contribution < -0.4 is 20.1 Å². The fourth-order valence-electron chi connectivity index (χ4n) is 2.04. The molecule has 1 rings (SSSR count). The molecule has 0 unspecified atom stereocenters. The lowest BCUT2D eigenvalue weighted by atomic mass is 10.1. The molecular weight excluding hydrogens is 268 g/mol. The molecule has 0 aliphatic carbocycles. The number of nitrogens with one attached hydrogen (secondary N) is 2. The first kappa shape index (κ1) is 17.3. The van der Waals surface area contributed by atoms with Crippen molar-refractivity contribution in [3.63, 3.8) is 0 Å². The lowest BCUT2D eigenvalue weighted by molar-refractivity contribution is -0.121. The zero-order valence-corrected chi connectivity index (χ0v) is 13.4. The Kier molecular flexibility index (Phi) is 7.61. The van der Waals surface area contributed by atoms with E-state index in [4.69, 9.17) is 9.47 Å². The third-order valence-corrected chi connectivity index (χ3v) is 3.21. The van der Waals surface area contributed by atoms with E-state index in [1.807, 2.05) is 18.2 Å². The number of amides is 1. The predicted molar refractivity (Wildman–Crippen MR) is 84.0 cm³/mol. The van der Waals surface area contributed by atoms with Gasteiger partial charge >= 0.3 is 0 Å². The van der Waals surface area contributed by atoms with E-state index in [1.165, 1.54) is 0 Å². The number of benzene rings is 1. The van der Waals surface area contributed by atoms with Crippen molar-refractivity contribution < 1.29 is 14.3 Å². The van der Waals surface area contributed by atoms with E-state index in [1.54, 1.807) is 14.2 Å². The lowest BCUT2D eigenvalue weighted by Gasteiger charge is -2.13. The normalized spacial score (nSPS) is 11.8. The number of carbonyl (C=O) groups is 1. The molecule has 0 aromatic heterocycles. The number of likely N-dealkylation sites (N-methyl/N-ethyl adjacent to an activating group) is 1. The van der Waals surface area contributed by atoms with Crippen molar-refractivity contribution in [1.82, 2.24) is 10.6 Å². The minimum Gasteiger partial charge on any atom is -0.497 e. The molecule has 0 heterocycles. The maximum atomic E-state index is 11.8. The predicted octanol–water partition coefficient (Wildman–Crippen LogP) is 1.75. The molecule has 0 fully saturated rings. The van der Waals surface area contributed by atoms with E-state index in [9.17, 15) is 4.79 Å². The Labute approximate surface area is 127 Å². The van der Waals surface area contributed by atoms with Crippen molar-refractivity contribution >= 4 is 5.91 Å². The van der Waals surface area contributed by atoms with Crippen molar-refractivity contribution in [2.24, 2.45) is 0 Å². The number of hydrogen-bond acceptors (Lipinski definition) is 4. The van der Waals surface area contributed by atoms with Gasteiger partial charge in [-0.25, -0.2) is 0 Å². The Bertz CT molecular complexity index is 427. The zero-order chi connectivity index (χ0) is 15.7. The Morgan fingerprint density at radius 3 is 2.33 bits per heavy atom. The molecule has 2 N–H and O–H groups in total. The van der Waals surface area contributed by atoms with Gasteiger partial charge in [-0.2, -0.15) is 0 Å². The first-order valence-corrected chi connectivity index (χ1v) is 7.31. The monoisotopic (exact) mass is 294 g/mol. The van der Waals surface area contributed by atoms with Crippen molar-refractivity contribution in [2.45, 2.75) is 32.7 Å². The standard InChI is InChI=1S/C16H26N2O3/c1-5-17-12(2)11-18-16(19)7-6-13-8-14(20-3)10-15(9-13)21-4/h8-10,12,17H,5-7,11H2,1-4H3,(H,18,19)/t12-/m1/s1. The largest absolute Gasteiger partial charge is 0.497 e. The molecule has 1 aromatic carbocycles. The summed E-state index contributed by atoms with van der Waals surface area (Å²) in [6.45, 7) is 5.65. The Morgan fingerprint density at radius 1 is 1.19 bits per heavy atom. The van der Waals surface area contributed by atoms with Gasteiger partial charge in [-0.05, 0) is 37.6 Å². The fraction of sp³-hybridized carbons (Fsp3) is 0.562. The number of hydrogen-bond donors (Lipinski definition) is 2. The van der Waals surface area contributed by atoms with Gasteiger partial charge in [0.1, 0.15) is 11.5 Å². The minimum atomic E-state index is 0.0570. The van der Waals surface area contributed by atoms with Crippen molar-refractivity contribution in [2.75, 3.05) is 27.3 Å². The molecule has 1 atom stereocenters. The van der Waals surface area contributed by atoms with Crippen LogP contribution in [0.5, 0.6) is 11.5 Å². The van der Waals surface area contributed by atoms with Crippen LogP contribution in [0.1, 0.15) is 25.8 Å². The molecule has 0 saturated carbocycles. The molecule has 1 aromatic rings. The lowest BCUT2D eigenvalue weighted by Crippen LogP contribution is -2.38. The number of carbonyl (C=O) groups excluding carboxylic acids is 1. The number of rotatable bonds is 9. The topological polar surface area (TPSA) is 59.6 Å². The van der Waals surface area contributed by atoms with Crippen LogP contribution in [-0.2, 0) is 11.2 Å². The first-order valence-electron chi connectivity index (χ1n) is 7.31. The van der Waals surface area contributed by atoms with Gasteiger partial charge in [-0.1, -0.05) is 6.92 Å². The van der Waals surface area contributed by atoms with E-state index in [0.717, 1.165) is 23.6 Å². The summed E-state index contributed by atoms with van der Waals surface area (Å²) >= 11 is 0. The van der Waals surface area contributed by atoms with Crippen molar-refractivity contribution in [1.29, 1.82) is 0 Å². The van der Waals surface area contributed by atoms with Crippen LogP contribution in [0.2, 0.25) is 0 Å². The Morgan fingerprint density at radius 2 is 1.81 bits per heavy atom. The summed E-state index contributed by atoms with van der Waals surface area (Å²) in [4.78, 5) is 11.8. The summed E-state index contributed by atoms with van der Waals surface area (Å²) in [5.41, 5.74) is 1.03. The first-order chi connectivity index (χ1) is 10.1. The van der Waals surface area contributed by atoms with Gasteiger partial charge in [0.2, 0.25) is 5.91 Å². The number of aryl methyl sites for hydroxylation is 1. The van der Waals surface area contributed by atoms with Crippen LogP contribution in [0.25, 0.3) is 0 Å². The van der Waals surface area contributed by atoms with Gasteiger partial charge in [0, 0.05) is 25.1 Å². The molecule has 21 heavy (non-hydrogen) atoms. The highest BCUT2D eigenvalue weighted by molar-refractivity contribution is 5.76. The summed E-state index contributed by atoms with van der Waals surface area (Å²) in [5.74, 6) is 1.54. The minimum absolute atomic E-state index is 0.0570.